The lowest BCUT2D eigenvalue weighted by molar-refractivity contribution is 0.0974. The summed E-state index contributed by atoms with van der Waals surface area (Å²) in [4.78, 5) is 4.73. The molecule has 0 saturated heterocycles. The summed E-state index contributed by atoms with van der Waals surface area (Å²) in [7, 11) is 0. The van der Waals surface area contributed by atoms with Gasteiger partial charge in [0.15, 0.2) is 0 Å². The lowest BCUT2D eigenvalue weighted by Crippen LogP contribution is -2.59. The number of amidine groups is 1. The fraction of sp³-hybridized carbons (Fsp3) is 0.750. The zero-order valence-electron chi connectivity index (χ0n) is 10.9. The molecule has 18 heavy (non-hydrogen) atoms. The smallest absolute Gasteiger partial charge is 0.141 e. The summed E-state index contributed by atoms with van der Waals surface area (Å²) >= 11 is 6.05. The second-order valence-corrected chi connectivity index (χ2v) is 5.17. The van der Waals surface area contributed by atoms with E-state index in [1.54, 1.807) is 5.23 Å². The summed E-state index contributed by atoms with van der Waals surface area (Å²) in [5, 5.41) is 2.25. The van der Waals surface area contributed by atoms with E-state index in [2.05, 4.69) is 23.2 Å². The monoisotopic (exact) mass is 271 g/mol. The van der Waals surface area contributed by atoms with E-state index < -0.39 is 0 Å². The minimum Gasteiger partial charge on any atom is -0.277 e. The van der Waals surface area contributed by atoms with Crippen molar-refractivity contribution in [2.45, 2.75) is 51.5 Å². The van der Waals surface area contributed by atoms with Gasteiger partial charge >= 0.3 is 0 Å². The van der Waals surface area contributed by atoms with Crippen LogP contribution in [0.5, 0.6) is 0 Å². The molecule has 1 aliphatic heterocycles. The van der Waals surface area contributed by atoms with Crippen LogP contribution in [0.15, 0.2) is 16.2 Å². The first-order chi connectivity index (χ1) is 8.78. The third kappa shape index (κ3) is 4.15. The molecule has 2 aliphatic rings. The second-order valence-electron chi connectivity index (χ2n) is 4.77. The zero-order chi connectivity index (χ0) is 12.8. The second kappa shape index (κ2) is 6.97. The number of hydrogen-bond donors (Lipinski definition) is 3. The van der Waals surface area contributed by atoms with E-state index in [4.69, 9.17) is 16.6 Å². The van der Waals surface area contributed by atoms with Gasteiger partial charge in [-0.3, -0.25) is 15.8 Å². The highest BCUT2D eigenvalue weighted by Gasteiger charge is 2.17. The number of hydrogen-bond acceptors (Lipinski definition) is 4. The van der Waals surface area contributed by atoms with Crippen LogP contribution >= 0.6 is 11.6 Å². The first-order valence-corrected chi connectivity index (χ1v) is 7.17. The van der Waals surface area contributed by atoms with Crippen LogP contribution in [-0.2, 0) is 0 Å². The van der Waals surface area contributed by atoms with E-state index in [1.807, 2.05) is 6.08 Å². The number of halogens is 1. The van der Waals surface area contributed by atoms with Gasteiger partial charge in [-0.2, -0.15) is 0 Å². The van der Waals surface area contributed by atoms with Crippen LogP contribution in [0, 0.1) is 0 Å². The van der Waals surface area contributed by atoms with Crippen molar-refractivity contribution in [2.24, 2.45) is 4.99 Å². The Labute approximate surface area is 114 Å². The van der Waals surface area contributed by atoms with Gasteiger partial charge in [-0.05, 0) is 19.3 Å². The molecule has 1 fully saturated rings. The molecule has 3 N–H and O–H groups in total. The summed E-state index contributed by atoms with van der Waals surface area (Å²) < 4.78 is 0. The van der Waals surface area contributed by atoms with Crippen LogP contribution in [-0.4, -0.2) is 23.6 Å². The average Bonchev–Trinajstić information content (AvgIpc) is 2.37. The Morgan fingerprint density at radius 3 is 2.89 bits per heavy atom. The molecule has 5 nitrogen and oxygen atoms in total. The van der Waals surface area contributed by atoms with Crippen LogP contribution in [0.2, 0.25) is 0 Å². The lowest BCUT2D eigenvalue weighted by atomic mass is 9.96. The van der Waals surface area contributed by atoms with Crippen molar-refractivity contribution >= 4 is 17.4 Å². The van der Waals surface area contributed by atoms with E-state index in [0.717, 1.165) is 18.8 Å². The van der Waals surface area contributed by atoms with Gasteiger partial charge in [0.25, 0.3) is 0 Å². The standard InChI is InChI=1S/C12H22ClN5/c1-2-8-14-18-16-11(13)9-12(17-18)15-10-6-4-3-5-7-10/h9-10,14,16H,2-8H2,1H3,(H,15,17). The lowest BCUT2D eigenvalue weighted by Gasteiger charge is -2.30. The maximum Gasteiger partial charge on any atom is 0.141 e. The summed E-state index contributed by atoms with van der Waals surface area (Å²) in [6.45, 7) is 2.99. The highest BCUT2D eigenvalue weighted by Crippen LogP contribution is 2.20. The van der Waals surface area contributed by atoms with Crippen LogP contribution in [0.4, 0.5) is 0 Å². The van der Waals surface area contributed by atoms with Crippen LogP contribution in [0.25, 0.3) is 0 Å². The fourth-order valence-corrected chi connectivity index (χ4v) is 2.40. The van der Waals surface area contributed by atoms with Crippen molar-refractivity contribution in [2.75, 3.05) is 6.54 Å². The predicted molar refractivity (Wildman–Crippen MR) is 74.6 cm³/mol. The SMILES string of the molecule is CCCNN1NC(Cl)=CC(=NC2CCCCC2)N1. The molecule has 102 valence electrons. The number of rotatable bonds is 4. The maximum absolute atomic E-state index is 6.05. The van der Waals surface area contributed by atoms with Gasteiger partial charge in [-0.25, -0.2) is 5.43 Å². The topological polar surface area (TPSA) is 51.7 Å². The van der Waals surface area contributed by atoms with E-state index in [1.165, 1.54) is 32.1 Å². The Balaban J connectivity index is 1.94. The average molecular weight is 272 g/mol. The Bertz CT molecular complexity index is 322. The van der Waals surface area contributed by atoms with E-state index in [0.29, 0.717) is 11.2 Å². The largest absolute Gasteiger partial charge is 0.277 e. The predicted octanol–water partition coefficient (Wildman–Crippen LogP) is 2.04. The molecular weight excluding hydrogens is 250 g/mol. The molecule has 0 amide bonds. The molecule has 0 unspecified atom stereocenters. The number of aliphatic imine (C=N–C) groups is 1. The van der Waals surface area contributed by atoms with Gasteiger partial charge in [0.2, 0.25) is 0 Å². The molecule has 0 atom stereocenters. The van der Waals surface area contributed by atoms with E-state index in [9.17, 15) is 0 Å². The molecule has 0 aromatic heterocycles. The molecule has 6 heteroatoms. The molecule has 1 aliphatic carbocycles. The third-order valence-corrected chi connectivity index (χ3v) is 3.32. The highest BCUT2D eigenvalue weighted by atomic mass is 35.5. The van der Waals surface area contributed by atoms with Crippen molar-refractivity contribution in [1.29, 1.82) is 0 Å². The van der Waals surface area contributed by atoms with Crippen LogP contribution in [0.1, 0.15) is 45.4 Å². The minimum atomic E-state index is 0.438. The first kappa shape index (κ1) is 13.6. The Morgan fingerprint density at radius 2 is 2.17 bits per heavy atom. The number of hydrazine groups is 3. The molecule has 2 rings (SSSR count). The van der Waals surface area contributed by atoms with Crippen molar-refractivity contribution in [3.8, 4) is 0 Å². The normalized spacial score (nSPS) is 24.6. The quantitative estimate of drug-likeness (QED) is 0.685. The van der Waals surface area contributed by atoms with Crippen LogP contribution in [0.3, 0.4) is 0 Å². The Morgan fingerprint density at radius 1 is 1.39 bits per heavy atom. The zero-order valence-corrected chi connectivity index (χ0v) is 11.6. The summed E-state index contributed by atoms with van der Waals surface area (Å²) in [5.41, 5.74) is 9.32. The third-order valence-electron chi connectivity index (χ3n) is 3.12. The fourth-order valence-electron chi connectivity index (χ4n) is 2.21. The van der Waals surface area contributed by atoms with Gasteiger partial charge in [0.1, 0.15) is 11.0 Å². The van der Waals surface area contributed by atoms with E-state index in [-0.39, 0.29) is 0 Å². The molecular formula is C12H22ClN5. The van der Waals surface area contributed by atoms with Crippen LogP contribution < -0.4 is 16.3 Å². The molecule has 0 radical (unpaired) electrons. The minimum absolute atomic E-state index is 0.438. The molecule has 0 bridgehead atoms. The van der Waals surface area contributed by atoms with Gasteiger partial charge in [-0.1, -0.05) is 43.0 Å². The number of nitrogens with zero attached hydrogens (tertiary/aromatic N) is 2. The van der Waals surface area contributed by atoms with Gasteiger partial charge in [0.05, 0.1) is 6.04 Å². The molecule has 0 aromatic rings. The summed E-state index contributed by atoms with van der Waals surface area (Å²) in [6, 6.07) is 0.438. The van der Waals surface area contributed by atoms with Crippen molar-refractivity contribution in [3.05, 3.63) is 11.2 Å². The molecule has 1 saturated carbocycles. The van der Waals surface area contributed by atoms with Crippen molar-refractivity contribution in [3.63, 3.8) is 0 Å². The first-order valence-electron chi connectivity index (χ1n) is 6.80. The van der Waals surface area contributed by atoms with Crippen molar-refractivity contribution in [1.82, 2.24) is 21.5 Å². The molecule has 0 spiro atoms. The molecule has 1 heterocycles. The highest BCUT2D eigenvalue weighted by molar-refractivity contribution is 6.31. The van der Waals surface area contributed by atoms with Gasteiger partial charge < -0.3 is 0 Å². The Kier molecular flexibility index (Phi) is 5.28. The Hall–Kier alpha value is -0.780. The summed E-state index contributed by atoms with van der Waals surface area (Å²) in [5.74, 6) is 0.828. The van der Waals surface area contributed by atoms with Gasteiger partial charge in [-0.15, -0.1) is 0 Å². The molecule has 0 aromatic carbocycles. The number of nitrogens with one attached hydrogen (secondary N) is 3. The maximum atomic E-state index is 6.05. The van der Waals surface area contributed by atoms with E-state index >= 15 is 0 Å². The summed E-state index contributed by atoms with van der Waals surface area (Å²) in [6.07, 6.45) is 9.18. The van der Waals surface area contributed by atoms with Gasteiger partial charge in [0, 0.05) is 12.6 Å². The van der Waals surface area contributed by atoms with Crippen molar-refractivity contribution < 1.29 is 0 Å².